The van der Waals surface area contributed by atoms with Crippen molar-refractivity contribution in [3.63, 3.8) is 0 Å². The van der Waals surface area contributed by atoms with Crippen molar-refractivity contribution in [2.75, 3.05) is 0 Å². The monoisotopic (exact) mass is 167 g/mol. The summed E-state index contributed by atoms with van der Waals surface area (Å²) in [5, 5.41) is 0. The molecule has 0 unspecified atom stereocenters. The Hall–Kier alpha value is -1.76. The lowest BCUT2D eigenvalue weighted by atomic mass is 10.2. The van der Waals surface area contributed by atoms with Crippen LogP contribution in [0.5, 0.6) is 0 Å². The van der Waals surface area contributed by atoms with Crippen molar-refractivity contribution in [3.05, 3.63) is 40.7 Å². The molecule has 4 heteroatoms. The van der Waals surface area contributed by atoms with Crippen LogP contribution in [0.3, 0.4) is 0 Å². The maximum absolute atomic E-state index is 12.7. The normalized spacial score (nSPS) is 9.08. The molecular formula is C8H3F2NO. The second-order valence-corrected chi connectivity index (χ2v) is 2.05. The van der Waals surface area contributed by atoms with E-state index in [0.717, 1.165) is 0 Å². The molecule has 0 heterocycles. The zero-order valence-electron chi connectivity index (χ0n) is 5.84. The van der Waals surface area contributed by atoms with Gasteiger partial charge in [0, 0.05) is 0 Å². The molecule has 1 rings (SSSR count). The van der Waals surface area contributed by atoms with Crippen LogP contribution in [0.4, 0.5) is 14.5 Å². The Morgan fingerprint density at radius 2 is 2.00 bits per heavy atom. The lowest BCUT2D eigenvalue weighted by Crippen LogP contribution is -1.88. The highest BCUT2D eigenvalue weighted by molar-refractivity contribution is 5.76. The fraction of sp³-hybridized carbons (Fsp3) is 0. The maximum Gasteiger partial charge on any atom is 0.224 e. The van der Waals surface area contributed by atoms with E-state index in [4.69, 9.17) is 6.57 Å². The summed E-state index contributed by atoms with van der Waals surface area (Å²) in [7, 11) is 0. The average molecular weight is 167 g/mol. The highest BCUT2D eigenvalue weighted by Gasteiger charge is 2.08. The summed E-state index contributed by atoms with van der Waals surface area (Å²) in [5.74, 6) is -1.76. The van der Waals surface area contributed by atoms with Crippen LogP contribution in [0.1, 0.15) is 10.4 Å². The van der Waals surface area contributed by atoms with E-state index in [2.05, 4.69) is 4.85 Å². The average Bonchev–Trinajstić information content (AvgIpc) is 2.08. The molecule has 0 spiro atoms. The van der Waals surface area contributed by atoms with E-state index in [0.29, 0.717) is 12.1 Å². The summed E-state index contributed by atoms with van der Waals surface area (Å²) >= 11 is 0. The van der Waals surface area contributed by atoms with Crippen molar-refractivity contribution in [2.45, 2.75) is 0 Å². The predicted molar refractivity (Wildman–Crippen MR) is 38.0 cm³/mol. The number of carbonyl (C=O) groups excluding carboxylic acids is 1. The molecule has 0 radical (unpaired) electrons. The fourth-order valence-electron chi connectivity index (χ4n) is 0.728. The highest BCUT2D eigenvalue weighted by atomic mass is 19.1. The molecule has 0 saturated heterocycles. The fourth-order valence-corrected chi connectivity index (χ4v) is 0.728. The second-order valence-electron chi connectivity index (χ2n) is 2.05. The molecule has 0 fully saturated rings. The molecule has 12 heavy (non-hydrogen) atoms. The minimum Gasteiger partial charge on any atom is -0.298 e. The molecule has 0 N–H and O–H groups in total. The number of nitrogens with zero attached hydrogens (tertiary/aromatic N) is 1. The molecule has 1 aromatic rings. The summed E-state index contributed by atoms with van der Waals surface area (Å²) < 4.78 is 25.4. The smallest absolute Gasteiger partial charge is 0.224 e. The summed E-state index contributed by atoms with van der Waals surface area (Å²) in [6, 6.07) is 1.40. The quantitative estimate of drug-likeness (QED) is 0.464. The van der Waals surface area contributed by atoms with Crippen LogP contribution < -0.4 is 0 Å². The minimum atomic E-state index is -0.881. The number of hydrogen-bond acceptors (Lipinski definition) is 1. The molecule has 0 atom stereocenters. The third kappa shape index (κ3) is 1.30. The van der Waals surface area contributed by atoms with Crippen molar-refractivity contribution < 1.29 is 13.6 Å². The molecule has 0 aliphatic heterocycles. The van der Waals surface area contributed by atoms with Crippen molar-refractivity contribution in [1.29, 1.82) is 0 Å². The number of benzene rings is 1. The van der Waals surface area contributed by atoms with E-state index in [1.807, 2.05) is 0 Å². The van der Waals surface area contributed by atoms with Gasteiger partial charge >= 0.3 is 0 Å². The number of hydrogen-bond donors (Lipinski definition) is 0. The van der Waals surface area contributed by atoms with Gasteiger partial charge in [-0.2, -0.15) is 0 Å². The summed E-state index contributed by atoms with van der Waals surface area (Å²) in [4.78, 5) is 12.8. The van der Waals surface area contributed by atoms with E-state index in [1.165, 1.54) is 0 Å². The lowest BCUT2D eigenvalue weighted by Gasteiger charge is -1.96. The number of halogens is 2. The van der Waals surface area contributed by atoms with Gasteiger partial charge in [0.2, 0.25) is 5.69 Å². The molecule has 60 valence electrons. The van der Waals surface area contributed by atoms with Crippen LogP contribution >= 0.6 is 0 Å². The van der Waals surface area contributed by atoms with Gasteiger partial charge in [0.25, 0.3) is 0 Å². The predicted octanol–water partition coefficient (Wildman–Crippen LogP) is 2.33. The standard InChI is InChI=1S/C8H3F2NO/c1-11-8-3-6(9)5(4-12)2-7(8)10/h2-4H. The van der Waals surface area contributed by atoms with Crippen LogP contribution in [0.25, 0.3) is 4.85 Å². The lowest BCUT2D eigenvalue weighted by molar-refractivity contribution is 0.111. The van der Waals surface area contributed by atoms with E-state index >= 15 is 0 Å². The Labute approximate surface area is 67.3 Å². The van der Waals surface area contributed by atoms with Gasteiger partial charge in [0.15, 0.2) is 6.29 Å². The van der Waals surface area contributed by atoms with Gasteiger partial charge in [-0.05, 0) is 12.1 Å². The van der Waals surface area contributed by atoms with Crippen molar-refractivity contribution in [2.24, 2.45) is 0 Å². The van der Waals surface area contributed by atoms with Gasteiger partial charge in [0.1, 0.15) is 11.6 Å². The van der Waals surface area contributed by atoms with Gasteiger partial charge in [-0.25, -0.2) is 13.6 Å². The first-order valence-corrected chi connectivity index (χ1v) is 3.00. The molecule has 0 aliphatic carbocycles. The largest absolute Gasteiger partial charge is 0.298 e. The van der Waals surface area contributed by atoms with E-state index in [9.17, 15) is 13.6 Å². The first-order chi connectivity index (χ1) is 5.69. The second kappa shape index (κ2) is 3.09. The number of rotatable bonds is 1. The van der Waals surface area contributed by atoms with Gasteiger partial charge in [0.05, 0.1) is 12.1 Å². The van der Waals surface area contributed by atoms with Crippen LogP contribution in [0, 0.1) is 18.2 Å². The van der Waals surface area contributed by atoms with E-state index in [-0.39, 0.29) is 11.8 Å². The molecule has 0 aromatic heterocycles. The minimum absolute atomic E-state index is 0.201. The van der Waals surface area contributed by atoms with Crippen LogP contribution in [0.2, 0.25) is 0 Å². The zero-order chi connectivity index (χ0) is 9.14. The van der Waals surface area contributed by atoms with Gasteiger partial charge < -0.3 is 0 Å². The van der Waals surface area contributed by atoms with E-state index in [1.54, 1.807) is 0 Å². The maximum atomic E-state index is 12.7. The Kier molecular flexibility index (Phi) is 2.15. The Morgan fingerprint density at radius 3 is 2.50 bits per heavy atom. The first-order valence-electron chi connectivity index (χ1n) is 3.00. The van der Waals surface area contributed by atoms with Crippen molar-refractivity contribution in [3.8, 4) is 0 Å². The Balaban J connectivity index is 3.38. The summed E-state index contributed by atoms with van der Waals surface area (Å²) in [6.07, 6.45) is 0.201. The molecule has 2 nitrogen and oxygen atoms in total. The molecule has 0 saturated carbocycles. The summed E-state index contributed by atoms with van der Waals surface area (Å²) in [6.45, 7) is 6.44. The molecule has 0 amide bonds. The first kappa shape index (κ1) is 8.34. The Bertz CT molecular complexity index is 368. The van der Waals surface area contributed by atoms with Crippen LogP contribution in [-0.2, 0) is 0 Å². The van der Waals surface area contributed by atoms with Crippen molar-refractivity contribution in [1.82, 2.24) is 0 Å². The van der Waals surface area contributed by atoms with E-state index < -0.39 is 17.3 Å². The van der Waals surface area contributed by atoms with Gasteiger partial charge in [-0.1, -0.05) is 0 Å². The van der Waals surface area contributed by atoms with Crippen molar-refractivity contribution >= 4 is 12.0 Å². The molecule has 0 bridgehead atoms. The number of aldehydes is 1. The molecule has 1 aromatic carbocycles. The molecular weight excluding hydrogens is 164 g/mol. The molecule has 0 aliphatic rings. The zero-order valence-corrected chi connectivity index (χ0v) is 5.84. The SMILES string of the molecule is [C-]#[N+]c1cc(F)c(C=O)cc1F. The van der Waals surface area contributed by atoms with Crippen LogP contribution in [0.15, 0.2) is 12.1 Å². The third-order valence-electron chi connectivity index (χ3n) is 1.31. The topological polar surface area (TPSA) is 21.4 Å². The van der Waals surface area contributed by atoms with Gasteiger partial charge in [-0.3, -0.25) is 4.79 Å². The Morgan fingerprint density at radius 1 is 1.33 bits per heavy atom. The van der Waals surface area contributed by atoms with Gasteiger partial charge in [-0.15, -0.1) is 0 Å². The third-order valence-corrected chi connectivity index (χ3v) is 1.31. The summed E-state index contributed by atoms with van der Waals surface area (Å²) in [5.41, 5.74) is -0.794. The highest BCUT2D eigenvalue weighted by Crippen LogP contribution is 2.20. The van der Waals surface area contributed by atoms with Crippen LogP contribution in [-0.4, -0.2) is 6.29 Å². The number of carbonyl (C=O) groups is 1.